The van der Waals surface area contributed by atoms with Crippen LogP contribution < -0.4 is 0 Å². The molecule has 0 spiro atoms. The van der Waals surface area contributed by atoms with Crippen LogP contribution in [0.4, 0.5) is 0 Å². The highest BCUT2D eigenvalue weighted by Gasteiger charge is 2.23. The van der Waals surface area contributed by atoms with E-state index in [1.54, 1.807) is 6.20 Å². The third-order valence-corrected chi connectivity index (χ3v) is 3.69. The monoisotopic (exact) mass is 291 g/mol. The number of rotatable bonds is 4. The number of aryl methyl sites for hydroxylation is 1. The topological polar surface area (TPSA) is 50.4 Å². The van der Waals surface area contributed by atoms with Crippen LogP contribution in [0.1, 0.15) is 23.0 Å². The van der Waals surface area contributed by atoms with Gasteiger partial charge in [-0.25, -0.2) is 4.98 Å². The zero-order chi connectivity index (χ0) is 15.4. The van der Waals surface area contributed by atoms with Crippen LogP contribution in [0.3, 0.4) is 0 Å². The Hall–Kier alpha value is -2.88. The van der Waals surface area contributed by atoms with E-state index in [2.05, 4.69) is 10.1 Å². The molecule has 0 aliphatic heterocycles. The smallest absolute Gasteiger partial charge is 0.114 e. The molecule has 0 aliphatic carbocycles. The van der Waals surface area contributed by atoms with Crippen LogP contribution in [0, 0.1) is 6.92 Å². The fourth-order valence-corrected chi connectivity index (χ4v) is 2.63. The van der Waals surface area contributed by atoms with E-state index in [0.717, 1.165) is 17.0 Å². The zero-order valence-corrected chi connectivity index (χ0v) is 12.3. The van der Waals surface area contributed by atoms with Gasteiger partial charge in [0.25, 0.3) is 0 Å². The SMILES string of the molecule is Cc1nccn1[C@H](/C(=N/O)c1ccccc1)c1ccccc1. The summed E-state index contributed by atoms with van der Waals surface area (Å²) in [6, 6.07) is 19.5. The number of imidazole rings is 1. The predicted octanol–water partition coefficient (Wildman–Crippen LogP) is 3.66. The van der Waals surface area contributed by atoms with E-state index in [4.69, 9.17) is 0 Å². The second-order valence-electron chi connectivity index (χ2n) is 5.05. The molecular formula is C18H17N3O. The van der Waals surface area contributed by atoms with Crippen LogP contribution in [-0.2, 0) is 0 Å². The summed E-state index contributed by atoms with van der Waals surface area (Å²) in [5, 5.41) is 13.3. The highest BCUT2D eigenvalue weighted by atomic mass is 16.4. The molecule has 0 saturated carbocycles. The molecule has 1 heterocycles. The van der Waals surface area contributed by atoms with Crippen molar-refractivity contribution in [3.8, 4) is 0 Å². The minimum Gasteiger partial charge on any atom is -0.411 e. The molecule has 2 aromatic carbocycles. The Kier molecular flexibility index (Phi) is 4.01. The molecule has 4 heteroatoms. The van der Waals surface area contributed by atoms with Crippen LogP contribution in [-0.4, -0.2) is 20.5 Å². The third kappa shape index (κ3) is 2.63. The lowest BCUT2D eigenvalue weighted by molar-refractivity contribution is 0.316. The largest absolute Gasteiger partial charge is 0.411 e. The number of hydrogen-bond donors (Lipinski definition) is 1. The van der Waals surface area contributed by atoms with Crippen molar-refractivity contribution < 1.29 is 5.21 Å². The first-order valence-electron chi connectivity index (χ1n) is 7.13. The molecular weight excluding hydrogens is 274 g/mol. The lowest BCUT2D eigenvalue weighted by Gasteiger charge is -2.22. The summed E-state index contributed by atoms with van der Waals surface area (Å²) in [5.41, 5.74) is 2.51. The van der Waals surface area contributed by atoms with E-state index >= 15 is 0 Å². The maximum absolute atomic E-state index is 9.66. The first kappa shape index (κ1) is 14.1. The second-order valence-corrected chi connectivity index (χ2v) is 5.05. The Balaban J connectivity index is 2.16. The minimum atomic E-state index is -0.226. The lowest BCUT2D eigenvalue weighted by atomic mass is 9.96. The van der Waals surface area contributed by atoms with Crippen LogP contribution in [0.5, 0.6) is 0 Å². The number of oxime groups is 1. The van der Waals surface area contributed by atoms with Crippen molar-refractivity contribution in [1.29, 1.82) is 0 Å². The van der Waals surface area contributed by atoms with E-state index in [0.29, 0.717) is 5.71 Å². The van der Waals surface area contributed by atoms with Crippen LogP contribution in [0.25, 0.3) is 0 Å². The van der Waals surface area contributed by atoms with Crippen LogP contribution >= 0.6 is 0 Å². The summed E-state index contributed by atoms with van der Waals surface area (Å²) in [6.45, 7) is 1.94. The maximum Gasteiger partial charge on any atom is 0.114 e. The van der Waals surface area contributed by atoms with Gasteiger partial charge in [0.2, 0.25) is 0 Å². The number of benzene rings is 2. The van der Waals surface area contributed by atoms with Crippen LogP contribution in [0.2, 0.25) is 0 Å². The third-order valence-electron chi connectivity index (χ3n) is 3.69. The second kappa shape index (κ2) is 6.26. The zero-order valence-electron chi connectivity index (χ0n) is 12.3. The van der Waals surface area contributed by atoms with Gasteiger partial charge in [-0.05, 0) is 12.5 Å². The Morgan fingerprint density at radius 2 is 1.68 bits per heavy atom. The molecule has 4 nitrogen and oxygen atoms in total. The van der Waals surface area contributed by atoms with Crippen molar-refractivity contribution in [2.45, 2.75) is 13.0 Å². The molecule has 1 aromatic heterocycles. The van der Waals surface area contributed by atoms with E-state index < -0.39 is 0 Å². The van der Waals surface area contributed by atoms with Gasteiger partial charge in [-0.15, -0.1) is 0 Å². The normalized spacial score (nSPS) is 13.0. The average Bonchev–Trinajstić information content (AvgIpc) is 3.00. The summed E-state index contributed by atoms with van der Waals surface area (Å²) in [7, 11) is 0. The van der Waals surface area contributed by atoms with Crippen molar-refractivity contribution in [3.05, 3.63) is 90.0 Å². The van der Waals surface area contributed by atoms with Gasteiger partial charge < -0.3 is 9.77 Å². The van der Waals surface area contributed by atoms with Gasteiger partial charge in [-0.2, -0.15) is 0 Å². The molecule has 0 fully saturated rings. The summed E-state index contributed by atoms with van der Waals surface area (Å²) in [5.74, 6) is 0.867. The predicted molar refractivity (Wildman–Crippen MR) is 86.3 cm³/mol. The molecule has 0 unspecified atom stereocenters. The van der Waals surface area contributed by atoms with Crippen molar-refractivity contribution in [2.24, 2.45) is 5.16 Å². The van der Waals surface area contributed by atoms with Gasteiger partial charge in [0, 0.05) is 18.0 Å². The summed E-state index contributed by atoms with van der Waals surface area (Å²) in [4.78, 5) is 4.30. The van der Waals surface area contributed by atoms with E-state index in [-0.39, 0.29) is 6.04 Å². The highest BCUT2D eigenvalue weighted by Crippen LogP contribution is 2.25. The van der Waals surface area contributed by atoms with Gasteiger partial charge in [0.05, 0.1) is 0 Å². The number of aromatic nitrogens is 2. The van der Waals surface area contributed by atoms with Crippen molar-refractivity contribution in [1.82, 2.24) is 9.55 Å². The van der Waals surface area contributed by atoms with Crippen molar-refractivity contribution >= 4 is 5.71 Å². The summed E-state index contributed by atoms with van der Waals surface area (Å²) in [6.07, 6.45) is 3.66. The van der Waals surface area contributed by atoms with E-state index in [1.165, 1.54) is 0 Å². The Morgan fingerprint density at radius 1 is 1.05 bits per heavy atom. The Bertz CT molecular complexity index is 763. The summed E-state index contributed by atoms with van der Waals surface area (Å²) < 4.78 is 2.01. The van der Waals surface area contributed by atoms with Gasteiger partial charge in [-0.3, -0.25) is 0 Å². The minimum absolute atomic E-state index is 0.226. The molecule has 3 rings (SSSR count). The fourth-order valence-electron chi connectivity index (χ4n) is 2.63. The first-order valence-corrected chi connectivity index (χ1v) is 7.13. The highest BCUT2D eigenvalue weighted by molar-refractivity contribution is 6.04. The van der Waals surface area contributed by atoms with Gasteiger partial charge in [0.15, 0.2) is 0 Å². The molecule has 1 N–H and O–H groups in total. The molecule has 3 aromatic rings. The molecule has 0 amide bonds. The van der Waals surface area contributed by atoms with Crippen molar-refractivity contribution in [3.63, 3.8) is 0 Å². The molecule has 0 aliphatic rings. The van der Waals surface area contributed by atoms with E-state index in [1.807, 2.05) is 78.4 Å². The Labute approximate surface area is 129 Å². The number of hydrogen-bond acceptors (Lipinski definition) is 3. The maximum atomic E-state index is 9.66. The molecule has 0 radical (unpaired) electrons. The van der Waals surface area contributed by atoms with Crippen LogP contribution in [0.15, 0.2) is 78.2 Å². The standard InChI is InChI=1S/C18H17N3O/c1-14-19-12-13-21(14)18(16-10-6-3-7-11-16)17(20-22)15-8-4-2-5-9-15/h2-13,18,22H,1H3/b20-17+/t18-/m0/s1. The molecule has 110 valence electrons. The Morgan fingerprint density at radius 3 is 2.23 bits per heavy atom. The van der Waals surface area contributed by atoms with E-state index in [9.17, 15) is 5.21 Å². The lowest BCUT2D eigenvalue weighted by Crippen LogP contribution is -2.22. The van der Waals surface area contributed by atoms with Crippen molar-refractivity contribution in [2.75, 3.05) is 0 Å². The molecule has 0 bridgehead atoms. The fraction of sp³-hybridized carbons (Fsp3) is 0.111. The first-order chi connectivity index (χ1) is 10.8. The number of nitrogens with zero attached hydrogens (tertiary/aromatic N) is 3. The molecule has 0 saturated heterocycles. The van der Waals surface area contributed by atoms with Gasteiger partial charge in [0.1, 0.15) is 17.6 Å². The quantitative estimate of drug-likeness (QED) is 0.453. The summed E-state index contributed by atoms with van der Waals surface area (Å²) >= 11 is 0. The average molecular weight is 291 g/mol. The molecule has 1 atom stereocenters. The van der Waals surface area contributed by atoms with Gasteiger partial charge >= 0.3 is 0 Å². The molecule has 22 heavy (non-hydrogen) atoms. The van der Waals surface area contributed by atoms with Gasteiger partial charge in [-0.1, -0.05) is 65.8 Å².